The van der Waals surface area contributed by atoms with E-state index in [0.29, 0.717) is 17.4 Å². The molecule has 1 atom stereocenters. The highest BCUT2D eigenvalue weighted by atomic mass is 35.5. The van der Waals surface area contributed by atoms with Gasteiger partial charge in [-0.3, -0.25) is 0 Å². The molecule has 2 N–H and O–H groups in total. The Morgan fingerprint density at radius 2 is 2.16 bits per heavy atom. The summed E-state index contributed by atoms with van der Waals surface area (Å²) in [6.07, 6.45) is 3.81. The van der Waals surface area contributed by atoms with Crippen LogP contribution in [0, 0.1) is 0 Å². The van der Waals surface area contributed by atoms with Crippen molar-refractivity contribution in [2.75, 3.05) is 25.7 Å². The second kappa shape index (κ2) is 8.56. The third kappa shape index (κ3) is 5.51. The van der Waals surface area contributed by atoms with Gasteiger partial charge >= 0.3 is 0 Å². The molecule has 3 nitrogen and oxygen atoms in total. The van der Waals surface area contributed by atoms with Crippen molar-refractivity contribution in [1.29, 1.82) is 0 Å². The largest absolute Gasteiger partial charge is 0.493 e. The van der Waals surface area contributed by atoms with Crippen molar-refractivity contribution in [3.63, 3.8) is 0 Å². The Bertz CT molecular complexity index is 399. The summed E-state index contributed by atoms with van der Waals surface area (Å²) < 4.78 is 11.2. The molecule has 1 unspecified atom stereocenters. The zero-order valence-electron chi connectivity index (χ0n) is 11.7. The second-order valence-corrected chi connectivity index (χ2v) is 5.89. The van der Waals surface area contributed by atoms with Gasteiger partial charge in [-0.1, -0.05) is 11.6 Å². The van der Waals surface area contributed by atoms with Crippen LogP contribution in [0.4, 0.5) is 0 Å². The van der Waals surface area contributed by atoms with Crippen LogP contribution in [0.3, 0.4) is 0 Å². The van der Waals surface area contributed by atoms with Crippen LogP contribution in [0.5, 0.6) is 11.5 Å². The fourth-order valence-electron chi connectivity index (χ4n) is 1.81. The Kier molecular flexibility index (Phi) is 7.42. The quantitative estimate of drug-likeness (QED) is 0.748. The molecule has 1 aromatic rings. The van der Waals surface area contributed by atoms with Crippen molar-refractivity contribution >= 4 is 23.4 Å². The smallest absolute Gasteiger partial charge is 0.164 e. The lowest BCUT2D eigenvalue weighted by molar-refractivity contribution is 0.291. The molecule has 0 aliphatic heterocycles. The normalized spacial score (nSPS) is 12.3. The van der Waals surface area contributed by atoms with Crippen molar-refractivity contribution in [2.24, 2.45) is 5.73 Å². The lowest BCUT2D eigenvalue weighted by Crippen LogP contribution is -2.18. The Hall–Kier alpha value is -0.580. The summed E-state index contributed by atoms with van der Waals surface area (Å²) in [6.45, 7) is 2.63. The topological polar surface area (TPSA) is 44.5 Å². The molecule has 0 bridgehead atoms. The van der Waals surface area contributed by atoms with E-state index in [2.05, 4.69) is 6.26 Å². The van der Waals surface area contributed by atoms with Gasteiger partial charge in [0.05, 0.1) is 13.7 Å². The predicted molar refractivity (Wildman–Crippen MR) is 83.9 cm³/mol. The summed E-state index contributed by atoms with van der Waals surface area (Å²) in [5, 5.41) is 0.643. The van der Waals surface area contributed by atoms with E-state index in [1.54, 1.807) is 13.2 Å². The molecule has 1 aromatic carbocycles. The van der Waals surface area contributed by atoms with Crippen molar-refractivity contribution < 1.29 is 9.47 Å². The number of benzene rings is 1. The van der Waals surface area contributed by atoms with E-state index in [1.807, 2.05) is 24.8 Å². The second-order valence-electron chi connectivity index (χ2n) is 4.47. The number of hydrogen-bond acceptors (Lipinski definition) is 4. The first-order valence-corrected chi connectivity index (χ1v) is 8.09. The fourth-order valence-corrected chi connectivity index (χ4v) is 2.45. The van der Waals surface area contributed by atoms with Crippen molar-refractivity contribution in [3.8, 4) is 11.5 Å². The third-order valence-electron chi connectivity index (χ3n) is 2.60. The Labute approximate surface area is 124 Å². The monoisotopic (exact) mass is 303 g/mol. The highest BCUT2D eigenvalue weighted by Crippen LogP contribution is 2.35. The molecular weight excluding hydrogens is 282 g/mol. The van der Waals surface area contributed by atoms with Gasteiger partial charge in [-0.05, 0) is 37.8 Å². The van der Waals surface area contributed by atoms with Gasteiger partial charge in [0.15, 0.2) is 11.5 Å². The predicted octanol–water partition coefficient (Wildman–Crippen LogP) is 3.37. The molecule has 0 amide bonds. The van der Waals surface area contributed by atoms with E-state index >= 15 is 0 Å². The maximum Gasteiger partial charge on any atom is 0.164 e. The molecule has 0 aromatic heterocycles. The lowest BCUT2D eigenvalue weighted by Gasteiger charge is -2.17. The average Bonchev–Trinajstić information content (AvgIpc) is 2.35. The SMILES string of the molecule is COc1cc(Cl)cc(CC(C)N)c1OCCCSC. The molecule has 0 radical (unpaired) electrons. The van der Waals surface area contributed by atoms with Gasteiger partial charge in [0.1, 0.15) is 0 Å². The summed E-state index contributed by atoms with van der Waals surface area (Å²) >= 11 is 7.90. The number of halogens is 1. The molecule has 0 saturated heterocycles. The molecule has 19 heavy (non-hydrogen) atoms. The Balaban J connectivity index is 2.89. The molecule has 0 heterocycles. The maximum absolute atomic E-state index is 6.09. The van der Waals surface area contributed by atoms with Crippen LogP contribution in [0.2, 0.25) is 5.02 Å². The number of thioether (sulfide) groups is 1. The van der Waals surface area contributed by atoms with Crippen LogP contribution in [-0.4, -0.2) is 31.8 Å². The number of methoxy groups -OCH3 is 1. The summed E-state index contributed by atoms with van der Waals surface area (Å²) in [4.78, 5) is 0. The maximum atomic E-state index is 6.09. The van der Waals surface area contributed by atoms with E-state index in [0.717, 1.165) is 29.9 Å². The molecule has 0 aliphatic carbocycles. The van der Waals surface area contributed by atoms with Crippen LogP contribution in [-0.2, 0) is 6.42 Å². The Morgan fingerprint density at radius 1 is 1.42 bits per heavy atom. The third-order valence-corrected chi connectivity index (χ3v) is 3.51. The fraction of sp³-hybridized carbons (Fsp3) is 0.571. The number of hydrogen-bond donors (Lipinski definition) is 1. The zero-order valence-corrected chi connectivity index (χ0v) is 13.3. The standard InChI is InChI=1S/C14H22ClNO2S/c1-10(16)7-11-8-12(15)9-13(17-2)14(11)18-5-4-6-19-3/h8-10H,4-7,16H2,1-3H3. The lowest BCUT2D eigenvalue weighted by atomic mass is 10.1. The number of rotatable bonds is 8. The van der Waals surface area contributed by atoms with E-state index in [-0.39, 0.29) is 6.04 Å². The summed E-state index contributed by atoms with van der Waals surface area (Å²) in [5.41, 5.74) is 6.87. The minimum Gasteiger partial charge on any atom is -0.493 e. The number of ether oxygens (including phenoxy) is 2. The van der Waals surface area contributed by atoms with Crippen molar-refractivity contribution in [1.82, 2.24) is 0 Å². The zero-order chi connectivity index (χ0) is 14.3. The molecule has 0 fully saturated rings. The molecule has 5 heteroatoms. The van der Waals surface area contributed by atoms with Gasteiger partial charge in [0.25, 0.3) is 0 Å². The molecule has 108 valence electrons. The first-order valence-electron chi connectivity index (χ1n) is 6.32. The van der Waals surface area contributed by atoms with Crippen LogP contribution in [0.15, 0.2) is 12.1 Å². The molecule has 0 saturated carbocycles. The first-order chi connectivity index (χ1) is 9.08. The van der Waals surface area contributed by atoms with E-state index in [9.17, 15) is 0 Å². The summed E-state index contributed by atoms with van der Waals surface area (Å²) in [5.74, 6) is 2.52. The highest BCUT2D eigenvalue weighted by molar-refractivity contribution is 7.98. The van der Waals surface area contributed by atoms with Gasteiger partial charge in [0.2, 0.25) is 0 Å². The van der Waals surface area contributed by atoms with Crippen LogP contribution < -0.4 is 15.2 Å². The van der Waals surface area contributed by atoms with Gasteiger partial charge < -0.3 is 15.2 Å². The highest BCUT2D eigenvalue weighted by Gasteiger charge is 2.14. The van der Waals surface area contributed by atoms with E-state index < -0.39 is 0 Å². The van der Waals surface area contributed by atoms with Gasteiger partial charge in [-0.25, -0.2) is 0 Å². The van der Waals surface area contributed by atoms with Gasteiger partial charge in [0, 0.05) is 22.7 Å². The van der Waals surface area contributed by atoms with Crippen LogP contribution in [0.1, 0.15) is 18.9 Å². The Morgan fingerprint density at radius 3 is 2.74 bits per heavy atom. The minimum atomic E-state index is 0.0525. The first kappa shape index (κ1) is 16.5. The summed E-state index contributed by atoms with van der Waals surface area (Å²) in [6, 6.07) is 3.73. The van der Waals surface area contributed by atoms with Gasteiger partial charge in [-0.15, -0.1) is 0 Å². The van der Waals surface area contributed by atoms with E-state index in [4.69, 9.17) is 26.8 Å². The van der Waals surface area contributed by atoms with Crippen LogP contribution >= 0.6 is 23.4 Å². The minimum absolute atomic E-state index is 0.0525. The molecule has 1 rings (SSSR count). The summed E-state index contributed by atoms with van der Waals surface area (Å²) in [7, 11) is 1.62. The van der Waals surface area contributed by atoms with E-state index in [1.165, 1.54) is 0 Å². The molecule has 0 spiro atoms. The number of nitrogens with two attached hydrogens (primary N) is 1. The van der Waals surface area contributed by atoms with Crippen molar-refractivity contribution in [2.45, 2.75) is 25.8 Å². The van der Waals surface area contributed by atoms with Gasteiger partial charge in [-0.2, -0.15) is 11.8 Å². The van der Waals surface area contributed by atoms with Crippen LogP contribution in [0.25, 0.3) is 0 Å². The average molecular weight is 304 g/mol. The molecule has 0 aliphatic rings. The van der Waals surface area contributed by atoms with Crippen molar-refractivity contribution in [3.05, 3.63) is 22.7 Å². The molecular formula is C14H22ClNO2S.